The fourth-order valence-electron chi connectivity index (χ4n) is 2.00. The molecule has 0 spiro atoms. The Kier molecular flexibility index (Phi) is 11.6. The lowest BCUT2D eigenvalue weighted by Crippen LogP contribution is -2.39. The lowest BCUT2D eigenvalue weighted by atomic mass is 10.2. The SMILES string of the molecule is CCOc1ccc(NC(=NC)NCCNC(=O)OC(C)(C)C)cc1OC.I. The van der Waals surface area contributed by atoms with Gasteiger partial charge in [-0.2, -0.15) is 0 Å². The second-order valence-electron chi connectivity index (χ2n) is 6.35. The van der Waals surface area contributed by atoms with Crippen LogP contribution in [-0.2, 0) is 4.74 Å². The van der Waals surface area contributed by atoms with Gasteiger partial charge in [-0.25, -0.2) is 4.79 Å². The Morgan fingerprint density at radius 2 is 1.81 bits per heavy atom. The second-order valence-corrected chi connectivity index (χ2v) is 6.35. The van der Waals surface area contributed by atoms with Gasteiger partial charge in [0.2, 0.25) is 0 Å². The van der Waals surface area contributed by atoms with Crippen molar-refractivity contribution >= 4 is 41.7 Å². The molecule has 0 unspecified atom stereocenters. The number of rotatable bonds is 7. The summed E-state index contributed by atoms with van der Waals surface area (Å²) in [5.41, 5.74) is 0.292. The molecule has 0 atom stereocenters. The number of anilines is 1. The van der Waals surface area contributed by atoms with Crippen LogP contribution in [-0.4, -0.2) is 51.5 Å². The fourth-order valence-corrected chi connectivity index (χ4v) is 2.00. The van der Waals surface area contributed by atoms with Crippen molar-refractivity contribution in [2.75, 3.05) is 39.2 Å². The third-order valence-electron chi connectivity index (χ3n) is 3.04. The first-order chi connectivity index (χ1) is 12.3. The van der Waals surface area contributed by atoms with Crippen LogP contribution >= 0.6 is 24.0 Å². The number of nitrogens with one attached hydrogen (secondary N) is 3. The lowest BCUT2D eigenvalue weighted by molar-refractivity contribution is 0.0529. The number of amides is 1. The molecule has 3 N–H and O–H groups in total. The number of benzene rings is 1. The van der Waals surface area contributed by atoms with Gasteiger partial charge in [-0.05, 0) is 39.8 Å². The van der Waals surface area contributed by atoms with Gasteiger partial charge in [0.1, 0.15) is 5.60 Å². The first kappa shape index (κ1) is 25.1. The van der Waals surface area contributed by atoms with E-state index in [1.165, 1.54) is 0 Å². The van der Waals surface area contributed by atoms with Gasteiger partial charge in [-0.15, -0.1) is 24.0 Å². The van der Waals surface area contributed by atoms with Crippen molar-refractivity contribution < 1.29 is 19.0 Å². The summed E-state index contributed by atoms with van der Waals surface area (Å²) in [6.45, 7) is 8.85. The summed E-state index contributed by atoms with van der Waals surface area (Å²) >= 11 is 0. The highest BCUT2D eigenvalue weighted by molar-refractivity contribution is 14.0. The Labute approximate surface area is 178 Å². The zero-order valence-electron chi connectivity index (χ0n) is 16.8. The average Bonchev–Trinajstić information content (AvgIpc) is 2.57. The van der Waals surface area contributed by atoms with Gasteiger partial charge in [0.05, 0.1) is 13.7 Å². The highest BCUT2D eigenvalue weighted by Crippen LogP contribution is 2.30. The molecule has 1 aromatic carbocycles. The van der Waals surface area contributed by atoms with Gasteiger partial charge in [-0.1, -0.05) is 0 Å². The normalized spacial score (nSPS) is 11.1. The highest BCUT2D eigenvalue weighted by Gasteiger charge is 2.15. The van der Waals surface area contributed by atoms with E-state index >= 15 is 0 Å². The van der Waals surface area contributed by atoms with Crippen LogP contribution < -0.4 is 25.4 Å². The third-order valence-corrected chi connectivity index (χ3v) is 3.04. The summed E-state index contributed by atoms with van der Waals surface area (Å²) in [5.74, 6) is 1.89. The van der Waals surface area contributed by atoms with E-state index in [1.807, 2.05) is 45.9 Å². The van der Waals surface area contributed by atoms with Crippen molar-refractivity contribution in [2.24, 2.45) is 4.99 Å². The van der Waals surface area contributed by atoms with Crippen molar-refractivity contribution in [1.29, 1.82) is 0 Å². The summed E-state index contributed by atoms with van der Waals surface area (Å²) in [6, 6.07) is 5.54. The maximum atomic E-state index is 11.6. The van der Waals surface area contributed by atoms with Gasteiger partial charge in [0.25, 0.3) is 0 Å². The second kappa shape index (κ2) is 12.5. The molecule has 0 saturated carbocycles. The molecular formula is C18H31IN4O4. The number of nitrogens with zero attached hydrogens (tertiary/aromatic N) is 1. The Hall–Kier alpha value is -1.91. The molecule has 8 nitrogen and oxygen atoms in total. The Balaban J connectivity index is 0.00000676. The van der Waals surface area contributed by atoms with Gasteiger partial charge >= 0.3 is 6.09 Å². The van der Waals surface area contributed by atoms with E-state index in [2.05, 4.69) is 20.9 Å². The van der Waals surface area contributed by atoms with Crippen LogP contribution in [0.1, 0.15) is 27.7 Å². The van der Waals surface area contributed by atoms with E-state index in [-0.39, 0.29) is 24.0 Å². The monoisotopic (exact) mass is 494 g/mol. The molecule has 0 fully saturated rings. The molecule has 0 aromatic heterocycles. The van der Waals surface area contributed by atoms with Crippen LogP contribution in [0.4, 0.5) is 10.5 Å². The van der Waals surface area contributed by atoms with Crippen LogP contribution in [0.15, 0.2) is 23.2 Å². The van der Waals surface area contributed by atoms with Gasteiger partial charge < -0.3 is 30.2 Å². The van der Waals surface area contributed by atoms with Crippen molar-refractivity contribution in [1.82, 2.24) is 10.6 Å². The smallest absolute Gasteiger partial charge is 0.407 e. The number of hydrogen-bond acceptors (Lipinski definition) is 5. The maximum Gasteiger partial charge on any atom is 0.407 e. The van der Waals surface area contributed by atoms with Crippen LogP contribution in [0, 0.1) is 0 Å². The van der Waals surface area contributed by atoms with E-state index in [9.17, 15) is 4.79 Å². The quantitative estimate of drug-likeness (QED) is 0.233. The first-order valence-corrected chi connectivity index (χ1v) is 8.54. The molecule has 9 heteroatoms. The molecule has 0 heterocycles. The molecule has 27 heavy (non-hydrogen) atoms. The summed E-state index contributed by atoms with van der Waals surface area (Å²) in [7, 11) is 3.26. The van der Waals surface area contributed by atoms with Gasteiger partial charge in [-0.3, -0.25) is 4.99 Å². The first-order valence-electron chi connectivity index (χ1n) is 8.54. The minimum absolute atomic E-state index is 0. The number of alkyl carbamates (subject to hydrolysis) is 1. The molecule has 0 aliphatic heterocycles. The summed E-state index contributed by atoms with van der Waals surface area (Å²) < 4.78 is 16.0. The molecule has 1 amide bonds. The highest BCUT2D eigenvalue weighted by atomic mass is 127. The van der Waals surface area contributed by atoms with Crippen LogP contribution in [0.25, 0.3) is 0 Å². The predicted molar refractivity (Wildman–Crippen MR) is 119 cm³/mol. The minimum Gasteiger partial charge on any atom is -0.493 e. The van der Waals surface area contributed by atoms with Gasteiger partial charge in [0.15, 0.2) is 17.5 Å². The molecular weight excluding hydrogens is 463 g/mol. The topological polar surface area (TPSA) is 93.2 Å². The molecule has 0 saturated heterocycles. The van der Waals surface area contributed by atoms with E-state index in [0.29, 0.717) is 37.2 Å². The van der Waals surface area contributed by atoms with Crippen molar-refractivity contribution in [2.45, 2.75) is 33.3 Å². The van der Waals surface area contributed by atoms with Crippen LogP contribution in [0.5, 0.6) is 11.5 Å². The van der Waals surface area contributed by atoms with E-state index in [0.717, 1.165) is 5.69 Å². The number of aliphatic imine (C=N–C) groups is 1. The Morgan fingerprint density at radius 3 is 2.37 bits per heavy atom. The number of hydrogen-bond donors (Lipinski definition) is 3. The molecule has 0 radical (unpaired) electrons. The molecule has 0 bridgehead atoms. The zero-order chi connectivity index (χ0) is 19.6. The third kappa shape index (κ3) is 10.1. The number of ether oxygens (including phenoxy) is 3. The minimum atomic E-state index is -0.512. The van der Waals surface area contributed by atoms with Crippen LogP contribution in [0.3, 0.4) is 0 Å². The summed E-state index contributed by atoms with van der Waals surface area (Å²) in [5, 5.41) is 8.95. The Morgan fingerprint density at radius 1 is 1.15 bits per heavy atom. The van der Waals surface area contributed by atoms with E-state index in [1.54, 1.807) is 14.2 Å². The zero-order valence-corrected chi connectivity index (χ0v) is 19.2. The average molecular weight is 494 g/mol. The number of guanidine groups is 1. The van der Waals surface area contributed by atoms with Crippen molar-refractivity contribution in [3.63, 3.8) is 0 Å². The van der Waals surface area contributed by atoms with Gasteiger partial charge in [0, 0.05) is 31.9 Å². The number of carbonyl (C=O) groups excluding carboxylic acids is 1. The molecule has 1 rings (SSSR count). The predicted octanol–water partition coefficient (Wildman–Crippen LogP) is 3.22. The summed E-state index contributed by atoms with van der Waals surface area (Å²) in [4.78, 5) is 15.7. The number of halogens is 1. The van der Waals surface area contributed by atoms with E-state index < -0.39 is 11.7 Å². The molecule has 0 aliphatic rings. The fraction of sp³-hybridized carbons (Fsp3) is 0.556. The molecule has 0 aliphatic carbocycles. The maximum absolute atomic E-state index is 11.6. The van der Waals surface area contributed by atoms with Crippen molar-refractivity contribution in [3.05, 3.63) is 18.2 Å². The Bertz CT molecular complexity index is 618. The number of carbonyl (C=O) groups is 1. The molecule has 1 aromatic rings. The van der Waals surface area contributed by atoms with E-state index in [4.69, 9.17) is 14.2 Å². The summed E-state index contributed by atoms with van der Waals surface area (Å²) in [6.07, 6.45) is -0.446. The van der Waals surface area contributed by atoms with Crippen LogP contribution in [0.2, 0.25) is 0 Å². The standard InChI is InChI=1S/C18H30N4O4.HI/c1-7-25-14-9-8-13(12-15(14)24-6)22-16(19-5)20-10-11-21-17(23)26-18(2,3)4;/h8-9,12H,7,10-11H2,1-6H3,(H,21,23)(H2,19,20,22);1H. The molecule has 154 valence electrons. The van der Waals surface area contributed by atoms with Crippen molar-refractivity contribution in [3.8, 4) is 11.5 Å². The number of methoxy groups -OCH3 is 1. The lowest BCUT2D eigenvalue weighted by Gasteiger charge is -2.20. The largest absolute Gasteiger partial charge is 0.493 e.